The van der Waals surface area contributed by atoms with Crippen LogP contribution in [0.15, 0.2) is 24.3 Å². The topological polar surface area (TPSA) is 53.6 Å². The van der Waals surface area contributed by atoms with E-state index in [1.165, 1.54) is 0 Å². The molecule has 2 heterocycles. The molecule has 2 aliphatic heterocycles. The first kappa shape index (κ1) is 20.9. The van der Waals surface area contributed by atoms with Crippen molar-refractivity contribution in [3.05, 3.63) is 24.3 Å². The molecule has 2 N–H and O–H groups in total. The number of rotatable bonds is 5. The van der Waals surface area contributed by atoms with Gasteiger partial charge in [-0.3, -0.25) is 4.79 Å². The average Bonchev–Trinajstić information content (AvgIpc) is 2.94. The summed E-state index contributed by atoms with van der Waals surface area (Å²) in [5.41, 5.74) is 1.16. The number of nitrogens with one attached hydrogen (secondary N) is 2. The first-order chi connectivity index (χ1) is 10.7. The van der Waals surface area contributed by atoms with Gasteiger partial charge in [-0.15, -0.1) is 24.8 Å². The summed E-state index contributed by atoms with van der Waals surface area (Å²) < 4.78 is 5.28. The van der Waals surface area contributed by atoms with Crippen molar-refractivity contribution in [1.29, 1.82) is 0 Å². The number of carbonyl (C=O) groups excluding carboxylic acids is 1. The molecule has 2 unspecified atom stereocenters. The van der Waals surface area contributed by atoms with E-state index in [2.05, 4.69) is 21.6 Å². The molecule has 0 aliphatic carbocycles. The van der Waals surface area contributed by atoms with Gasteiger partial charge < -0.3 is 20.3 Å². The third kappa shape index (κ3) is 4.68. The Morgan fingerprint density at radius 2 is 2.12 bits per heavy atom. The number of benzene rings is 1. The molecular formula is C17H27Cl2N3O2. The molecular weight excluding hydrogens is 349 g/mol. The first-order valence-electron chi connectivity index (χ1n) is 8.07. The average molecular weight is 376 g/mol. The summed E-state index contributed by atoms with van der Waals surface area (Å²) in [7, 11) is 1.68. The van der Waals surface area contributed by atoms with Crippen LogP contribution in [-0.4, -0.2) is 45.2 Å². The number of amides is 1. The van der Waals surface area contributed by atoms with E-state index in [0.717, 1.165) is 44.0 Å². The van der Waals surface area contributed by atoms with Gasteiger partial charge in [-0.05, 0) is 37.6 Å². The number of carbonyl (C=O) groups is 1. The molecule has 3 rings (SSSR count). The van der Waals surface area contributed by atoms with Crippen molar-refractivity contribution >= 4 is 36.4 Å². The standard InChI is InChI=1S/C17H25N3O2.2ClH/c1-12(13-9-18-10-13)17(21)19-14-6-7-20(11-14)15-4-3-5-16(8-15)22-2;;/h3-5,8,12-14,18H,6-7,9-11H2,1-2H3,(H,19,21);2*1H. The van der Waals surface area contributed by atoms with Gasteiger partial charge in [-0.1, -0.05) is 13.0 Å². The molecule has 5 nitrogen and oxygen atoms in total. The van der Waals surface area contributed by atoms with Crippen LogP contribution < -0.4 is 20.3 Å². The van der Waals surface area contributed by atoms with Crippen molar-refractivity contribution in [3.8, 4) is 5.75 Å². The maximum atomic E-state index is 12.3. The maximum Gasteiger partial charge on any atom is 0.223 e. The lowest BCUT2D eigenvalue weighted by atomic mass is 9.88. The van der Waals surface area contributed by atoms with Crippen molar-refractivity contribution in [1.82, 2.24) is 10.6 Å². The van der Waals surface area contributed by atoms with Crippen LogP contribution in [0.25, 0.3) is 0 Å². The van der Waals surface area contributed by atoms with Gasteiger partial charge in [0.2, 0.25) is 5.91 Å². The van der Waals surface area contributed by atoms with Crippen LogP contribution in [0, 0.1) is 11.8 Å². The monoisotopic (exact) mass is 375 g/mol. The number of hydrogen-bond acceptors (Lipinski definition) is 4. The van der Waals surface area contributed by atoms with E-state index in [0.29, 0.717) is 5.92 Å². The molecule has 0 bridgehead atoms. The molecule has 136 valence electrons. The van der Waals surface area contributed by atoms with Crippen LogP contribution in [0.3, 0.4) is 0 Å². The molecule has 2 fully saturated rings. The summed E-state index contributed by atoms with van der Waals surface area (Å²) in [5.74, 6) is 1.67. The second kappa shape index (κ2) is 9.35. The van der Waals surface area contributed by atoms with Crippen LogP contribution in [-0.2, 0) is 4.79 Å². The first-order valence-corrected chi connectivity index (χ1v) is 8.07. The number of anilines is 1. The van der Waals surface area contributed by atoms with Gasteiger partial charge in [0.05, 0.1) is 7.11 Å². The second-order valence-corrected chi connectivity index (χ2v) is 6.35. The summed E-state index contributed by atoms with van der Waals surface area (Å²) in [6, 6.07) is 8.34. The summed E-state index contributed by atoms with van der Waals surface area (Å²) in [6.45, 7) is 5.81. The van der Waals surface area contributed by atoms with E-state index in [9.17, 15) is 4.79 Å². The molecule has 0 saturated carbocycles. The van der Waals surface area contributed by atoms with Crippen LogP contribution in [0.1, 0.15) is 13.3 Å². The Morgan fingerprint density at radius 1 is 1.38 bits per heavy atom. The molecule has 2 saturated heterocycles. The van der Waals surface area contributed by atoms with Crippen LogP contribution in [0.2, 0.25) is 0 Å². The Hall–Kier alpha value is -1.17. The lowest BCUT2D eigenvalue weighted by molar-refractivity contribution is -0.127. The second-order valence-electron chi connectivity index (χ2n) is 6.35. The highest BCUT2D eigenvalue weighted by Crippen LogP contribution is 2.25. The van der Waals surface area contributed by atoms with E-state index in [1.807, 2.05) is 25.1 Å². The predicted octanol–water partition coefficient (Wildman–Crippen LogP) is 2.09. The molecule has 0 radical (unpaired) electrons. The van der Waals surface area contributed by atoms with Crippen LogP contribution >= 0.6 is 24.8 Å². The molecule has 1 amide bonds. The number of halogens is 2. The fraction of sp³-hybridized carbons (Fsp3) is 0.588. The molecule has 1 aromatic rings. The molecule has 0 aromatic heterocycles. The van der Waals surface area contributed by atoms with Gasteiger partial charge in [0, 0.05) is 36.8 Å². The Morgan fingerprint density at radius 3 is 2.75 bits per heavy atom. The third-order valence-corrected chi connectivity index (χ3v) is 4.89. The molecule has 24 heavy (non-hydrogen) atoms. The molecule has 2 aliphatic rings. The molecule has 7 heteroatoms. The highest BCUT2D eigenvalue weighted by molar-refractivity contribution is 5.85. The summed E-state index contributed by atoms with van der Waals surface area (Å²) in [4.78, 5) is 14.6. The van der Waals surface area contributed by atoms with Gasteiger partial charge in [0.1, 0.15) is 5.75 Å². The van der Waals surface area contributed by atoms with E-state index < -0.39 is 0 Å². The Balaban J connectivity index is 0.00000144. The lowest BCUT2D eigenvalue weighted by Gasteiger charge is -2.32. The smallest absolute Gasteiger partial charge is 0.223 e. The normalized spacial score (nSPS) is 21.1. The quantitative estimate of drug-likeness (QED) is 0.827. The Kier molecular flexibility index (Phi) is 8.13. The van der Waals surface area contributed by atoms with E-state index in [1.54, 1.807) is 7.11 Å². The van der Waals surface area contributed by atoms with Crippen molar-refractivity contribution in [2.24, 2.45) is 11.8 Å². The SMILES string of the molecule is COc1cccc(N2CCC(NC(=O)C(C)C3CNC3)C2)c1.Cl.Cl. The fourth-order valence-corrected chi connectivity index (χ4v) is 3.13. The van der Waals surface area contributed by atoms with Gasteiger partial charge >= 0.3 is 0 Å². The van der Waals surface area contributed by atoms with Gasteiger partial charge in [-0.2, -0.15) is 0 Å². The zero-order chi connectivity index (χ0) is 15.5. The Bertz CT molecular complexity index is 540. The van der Waals surface area contributed by atoms with Gasteiger partial charge in [-0.25, -0.2) is 0 Å². The predicted molar refractivity (Wildman–Crippen MR) is 102 cm³/mol. The van der Waals surface area contributed by atoms with Crippen molar-refractivity contribution in [2.75, 3.05) is 38.2 Å². The highest BCUT2D eigenvalue weighted by atomic mass is 35.5. The highest BCUT2D eigenvalue weighted by Gasteiger charge is 2.31. The van der Waals surface area contributed by atoms with Crippen LogP contribution in [0.5, 0.6) is 5.75 Å². The number of nitrogens with zero attached hydrogens (tertiary/aromatic N) is 1. The molecule has 0 spiro atoms. The fourth-order valence-electron chi connectivity index (χ4n) is 3.13. The lowest BCUT2D eigenvalue weighted by Crippen LogP contribution is -2.51. The summed E-state index contributed by atoms with van der Waals surface area (Å²) in [5, 5.41) is 6.45. The third-order valence-electron chi connectivity index (χ3n) is 4.89. The Labute approximate surface area is 156 Å². The number of ether oxygens (including phenoxy) is 1. The molecule has 1 aromatic carbocycles. The summed E-state index contributed by atoms with van der Waals surface area (Å²) >= 11 is 0. The van der Waals surface area contributed by atoms with Crippen LogP contribution in [0.4, 0.5) is 5.69 Å². The zero-order valence-electron chi connectivity index (χ0n) is 14.2. The van der Waals surface area contributed by atoms with E-state index in [4.69, 9.17) is 4.74 Å². The van der Waals surface area contributed by atoms with Crippen molar-refractivity contribution in [3.63, 3.8) is 0 Å². The van der Waals surface area contributed by atoms with Crippen molar-refractivity contribution < 1.29 is 9.53 Å². The van der Waals surface area contributed by atoms with Gasteiger partial charge in [0.25, 0.3) is 0 Å². The van der Waals surface area contributed by atoms with E-state index in [-0.39, 0.29) is 42.7 Å². The largest absolute Gasteiger partial charge is 0.497 e. The minimum Gasteiger partial charge on any atom is -0.497 e. The summed E-state index contributed by atoms with van der Waals surface area (Å²) in [6.07, 6.45) is 0.999. The maximum absolute atomic E-state index is 12.3. The number of hydrogen-bond donors (Lipinski definition) is 2. The minimum absolute atomic E-state index is 0. The molecule has 2 atom stereocenters. The number of methoxy groups -OCH3 is 1. The van der Waals surface area contributed by atoms with E-state index >= 15 is 0 Å². The van der Waals surface area contributed by atoms with Gasteiger partial charge in [0.15, 0.2) is 0 Å². The minimum atomic E-state index is 0. The zero-order valence-corrected chi connectivity index (χ0v) is 15.8. The van der Waals surface area contributed by atoms with Crippen molar-refractivity contribution in [2.45, 2.75) is 19.4 Å².